The summed E-state index contributed by atoms with van der Waals surface area (Å²) in [5, 5.41) is 9.43. The minimum atomic E-state index is -0.895. The van der Waals surface area contributed by atoms with Crippen LogP contribution in [-0.4, -0.2) is 35.3 Å². The lowest BCUT2D eigenvalue weighted by Gasteiger charge is -2.46. The highest BCUT2D eigenvalue weighted by Crippen LogP contribution is 2.39. The Morgan fingerprint density at radius 3 is 2.45 bits per heavy atom. The Balaban J connectivity index is 2.38. The standard InChI is InChI=1S/C15H22N2O3/c1-15(2,3)13-12(10-4-6-11(16)7-5-10)20-9-8-17(13)14(18)19/h4-7,12-13H,8-9,16H2,1-3H3,(H,18,19)/t12?,13-/m1/s1. The second-order valence-electron chi connectivity index (χ2n) is 6.24. The van der Waals surface area contributed by atoms with E-state index in [0.29, 0.717) is 18.8 Å². The summed E-state index contributed by atoms with van der Waals surface area (Å²) in [6.07, 6.45) is -1.16. The van der Waals surface area contributed by atoms with Crippen LogP contribution in [0.4, 0.5) is 10.5 Å². The number of amides is 1. The molecule has 1 aromatic rings. The molecule has 0 spiro atoms. The Hall–Kier alpha value is -1.75. The van der Waals surface area contributed by atoms with Gasteiger partial charge in [0.15, 0.2) is 0 Å². The number of rotatable bonds is 1. The van der Waals surface area contributed by atoms with Crippen molar-refractivity contribution in [1.82, 2.24) is 4.90 Å². The van der Waals surface area contributed by atoms with E-state index < -0.39 is 6.09 Å². The molecule has 1 saturated heterocycles. The van der Waals surface area contributed by atoms with E-state index in [2.05, 4.69) is 0 Å². The van der Waals surface area contributed by atoms with Crippen LogP contribution in [0.3, 0.4) is 0 Å². The van der Waals surface area contributed by atoms with Crippen molar-refractivity contribution >= 4 is 11.8 Å². The lowest BCUT2D eigenvalue weighted by molar-refractivity contribution is -0.0963. The van der Waals surface area contributed by atoms with E-state index in [9.17, 15) is 9.90 Å². The second-order valence-corrected chi connectivity index (χ2v) is 6.24. The highest BCUT2D eigenvalue weighted by molar-refractivity contribution is 5.66. The average molecular weight is 278 g/mol. The van der Waals surface area contributed by atoms with E-state index in [1.54, 1.807) is 0 Å². The van der Waals surface area contributed by atoms with E-state index in [0.717, 1.165) is 5.56 Å². The Morgan fingerprint density at radius 1 is 1.35 bits per heavy atom. The fraction of sp³-hybridized carbons (Fsp3) is 0.533. The fourth-order valence-electron chi connectivity index (χ4n) is 2.77. The number of anilines is 1. The first kappa shape index (κ1) is 14.7. The van der Waals surface area contributed by atoms with Gasteiger partial charge in [0.1, 0.15) is 6.10 Å². The highest BCUT2D eigenvalue weighted by Gasteiger charge is 2.43. The van der Waals surface area contributed by atoms with E-state index >= 15 is 0 Å². The molecule has 5 nitrogen and oxygen atoms in total. The van der Waals surface area contributed by atoms with Crippen LogP contribution in [0.2, 0.25) is 0 Å². The lowest BCUT2D eigenvalue weighted by Crippen LogP contribution is -2.55. The summed E-state index contributed by atoms with van der Waals surface area (Å²) in [7, 11) is 0. The first-order chi connectivity index (χ1) is 9.30. The zero-order valence-electron chi connectivity index (χ0n) is 12.2. The molecule has 20 heavy (non-hydrogen) atoms. The Labute approximate surface area is 119 Å². The third-order valence-corrected chi connectivity index (χ3v) is 3.65. The summed E-state index contributed by atoms with van der Waals surface area (Å²) in [6.45, 7) is 6.92. The van der Waals surface area contributed by atoms with Gasteiger partial charge in [-0.05, 0) is 23.1 Å². The summed E-state index contributed by atoms with van der Waals surface area (Å²) in [4.78, 5) is 13.0. The van der Waals surface area contributed by atoms with E-state index in [4.69, 9.17) is 10.5 Å². The molecule has 0 aromatic heterocycles. The number of ether oxygens (including phenoxy) is 1. The molecule has 3 N–H and O–H groups in total. The largest absolute Gasteiger partial charge is 0.465 e. The van der Waals surface area contributed by atoms with E-state index in [1.807, 2.05) is 45.0 Å². The van der Waals surface area contributed by atoms with Crippen LogP contribution in [0.15, 0.2) is 24.3 Å². The van der Waals surface area contributed by atoms with Crippen LogP contribution in [0.25, 0.3) is 0 Å². The van der Waals surface area contributed by atoms with Crippen molar-refractivity contribution in [3.63, 3.8) is 0 Å². The predicted octanol–water partition coefficient (Wildman–Crippen LogP) is 2.73. The van der Waals surface area contributed by atoms with Gasteiger partial charge < -0.3 is 15.6 Å². The van der Waals surface area contributed by atoms with Gasteiger partial charge in [-0.1, -0.05) is 32.9 Å². The number of carbonyl (C=O) groups is 1. The van der Waals surface area contributed by atoms with Crippen molar-refractivity contribution in [2.75, 3.05) is 18.9 Å². The molecule has 0 aliphatic carbocycles. The molecule has 1 aromatic carbocycles. The maximum Gasteiger partial charge on any atom is 0.407 e. The lowest BCUT2D eigenvalue weighted by atomic mass is 9.79. The number of nitrogens with zero attached hydrogens (tertiary/aromatic N) is 1. The van der Waals surface area contributed by atoms with Gasteiger partial charge in [0.25, 0.3) is 0 Å². The number of nitrogen functional groups attached to an aromatic ring is 1. The third kappa shape index (κ3) is 2.88. The van der Waals surface area contributed by atoms with Crippen LogP contribution >= 0.6 is 0 Å². The molecule has 1 heterocycles. The van der Waals surface area contributed by atoms with Crippen molar-refractivity contribution in [2.24, 2.45) is 5.41 Å². The average Bonchev–Trinajstić information content (AvgIpc) is 2.37. The van der Waals surface area contributed by atoms with Gasteiger partial charge in [-0.3, -0.25) is 4.90 Å². The molecule has 0 radical (unpaired) electrons. The molecule has 5 heteroatoms. The summed E-state index contributed by atoms with van der Waals surface area (Å²) in [6, 6.07) is 7.22. The van der Waals surface area contributed by atoms with Gasteiger partial charge in [-0.2, -0.15) is 0 Å². The van der Waals surface area contributed by atoms with Gasteiger partial charge in [0, 0.05) is 12.2 Å². The second kappa shape index (κ2) is 5.32. The number of hydrogen-bond acceptors (Lipinski definition) is 3. The zero-order chi connectivity index (χ0) is 14.9. The van der Waals surface area contributed by atoms with Crippen LogP contribution in [-0.2, 0) is 4.74 Å². The number of hydrogen-bond donors (Lipinski definition) is 2. The zero-order valence-corrected chi connectivity index (χ0v) is 12.2. The van der Waals surface area contributed by atoms with Gasteiger partial charge in [-0.25, -0.2) is 4.79 Å². The maximum absolute atomic E-state index is 11.5. The smallest absolute Gasteiger partial charge is 0.407 e. The minimum Gasteiger partial charge on any atom is -0.465 e. The van der Waals surface area contributed by atoms with Crippen molar-refractivity contribution in [2.45, 2.75) is 32.9 Å². The molecule has 2 rings (SSSR count). The molecule has 1 unspecified atom stereocenters. The Kier molecular flexibility index (Phi) is 3.90. The van der Waals surface area contributed by atoms with Gasteiger partial charge in [-0.15, -0.1) is 0 Å². The monoisotopic (exact) mass is 278 g/mol. The van der Waals surface area contributed by atoms with E-state index in [-0.39, 0.29) is 17.6 Å². The Morgan fingerprint density at radius 2 is 1.95 bits per heavy atom. The van der Waals surface area contributed by atoms with Gasteiger partial charge in [0.2, 0.25) is 0 Å². The molecule has 1 aliphatic heterocycles. The molecule has 1 fully saturated rings. The van der Waals surface area contributed by atoms with Crippen molar-refractivity contribution in [3.05, 3.63) is 29.8 Å². The normalized spacial score (nSPS) is 23.6. The first-order valence-electron chi connectivity index (χ1n) is 6.77. The summed E-state index contributed by atoms with van der Waals surface area (Å²) in [5.74, 6) is 0. The third-order valence-electron chi connectivity index (χ3n) is 3.65. The molecule has 1 aliphatic rings. The minimum absolute atomic E-state index is 0.217. The van der Waals surface area contributed by atoms with Crippen LogP contribution in [0, 0.1) is 5.41 Å². The number of morpholine rings is 1. The molecular weight excluding hydrogens is 256 g/mol. The highest BCUT2D eigenvalue weighted by atomic mass is 16.5. The van der Waals surface area contributed by atoms with Crippen molar-refractivity contribution in [3.8, 4) is 0 Å². The molecule has 0 bridgehead atoms. The van der Waals surface area contributed by atoms with Crippen molar-refractivity contribution < 1.29 is 14.6 Å². The molecule has 2 atom stereocenters. The summed E-state index contributed by atoms with van der Waals surface area (Å²) in [5.41, 5.74) is 7.14. The quantitative estimate of drug-likeness (QED) is 0.774. The van der Waals surface area contributed by atoms with Crippen LogP contribution < -0.4 is 5.73 Å². The topological polar surface area (TPSA) is 75.8 Å². The number of carboxylic acid groups (broad SMARTS) is 1. The maximum atomic E-state index is 11.5. The fourth-order valence-corrected chi connectivity index (χ4v) is 2.77. The van der Waals surface area contributed by atoms with Gasteiger partial charge >= 0.3 is 6.09 Å². The molecule has 0 saturated carbocycles. The molecule has 1 amide bonds. The first-order valence-corrected chi connectivity index (χ1v) is 6.77. The van der Waals surface area contributed by atoms with E-state index in [1.165, 1.54) is 4.90 Å². The summed E-state index contributed by atoms with van der Waals surface area (Å²) >= 11 is 0. The SMILES string of the molecule is CC(C)(C)[C@H]1C(c2ccc(N)cc2)OCCN1C(=O)O. The van der Waals surface area contributed by atoms with Crippen LogP contribution in [0.1, 0.15) is 32.4 Å². The van der Waals surface area contributed by atoms with Crippen LogP contribution in [0.5, 0.6) is 0 Å². The van der Waals surface area contributed by atoms with Crippen molar-refractivity contribution in [1.29, 1.82) is 0 Å². The van der Waals surface area contributed by atoms with Gasteiger partial charge in [0.05, 0.1) is 12.6 Å². The number of benzene rings is 1. The summed E-state index contributed by atoms with van der Waals surface area (Å²) < 4.78 is 5.88. The predicted molar refractivity (Wildman–Crippen MR) is 77.5 cm³/mol. The molecular formula is C15H22N2O3. The number of nitrogens with two attached hydrogens (primary N) is 1. The Bertz CT molecular complexity index is 479. The molecule has 110 valence electrons.